The first-order valence-electron chi connectivity index (χ1n) is 7.01. The zero-order valence-electron chi connectivity index (χ0n) is 13.0. The van der Waals surface area contributed by atoms with E-state index in [9.17, 15) is 32.7 Å². The highest BCUT2D eigenvalue weighted by Crippen LogP contribution is 2.29. The van der Waals surface area contributed by atoms with Gasteiger partial charge in [-0.2, -0.15) is 13.2 Å². The van der Waals surface area contributed by atoms with Crippen LogP contribution >= 0.6 is 0 Å². The van der Waals surface area contributed by atoms with E-state index in [1.807, 2.05) is 5.32 Å². The molecule has 0 aliphatic heterocycles. The number of esters is 1. The van der Waals surface area contributed by atoms with E-state index in [0.29, 0.717) is 12.1 Å². The molecule has 25 heavy (non-hydrogen) atoms. The summed E-state index contributed by atoms with van der Waals surface area (Å²) in [5.41, 5.74) is -1.09. The normalized spacial score (nSPS) is 13.6. The van der Waals surface area contributed by atoms with Gasteiger partial charge < -0.3 is 20.3 Å². The van der Waals surface area contributed by atoms with Crippen LogP contribution in [0.3, 0.4) is 0 Å². The number of carbonyl (C=O) groups is 3. The molecule has 0 saturated heterocycles. The second-order valence-corrected chi connectivity index (χ2v) is 5.04. The quantitative estimate of drug-likeness (QED) is 0.629. The topological polar surface area (TPSA) is 113 Å². The standard InChI is InChI=1S/C15H16F3NO6/c1-25-11(20)7-6-10(14(23)24)19-13(22)12(21)8-2-4-9(5-3-8)15(16,17)18/h2-5,10,12,21H,6-7H2,1H3,(H,19,22)(H,23,24)/t10-,12+/m1/s1. The zero-order valence-corrected chi connectivity index (χ0v) is 13.0. The third kappa shape index (κ3) is 6.07. The summed E-state index contributed by atoms with van der Waals surface area (Å²) in [5.74, 6) is -3.22. The van der Waals surface area contributed by atoms with Crippen LogP contribution in [0.4, 0.5) is 13.2 Å². The molecule has 1 aromatic rings. The first-order chi connectivity index (χ1) is 11.6. The van der Waals surface area contributed by atoms with E-state index in [1.165, 1.54) is 0 Å². The predicted molar refractivity (Wildman–Crippen MR) is 77.2 cm³/mol. The molecule has 2 atom stereocenters. The number of benzene rings is 1. The molecule has 0 bridgehead atoms. The number of amides is 1. The largest absolute Gasteiger partial charge is 0.480 e. The molecule has 1 aromatic carbocycles. The maximum Gasteiger partial charge on any atom is 0.416 e. The van der Waals surface area contributed by atoms with E-state index in [2.05, 4.69) is 4.74 Å². The monoisotopic (exact) mass is 363 g/mol. The fourth-order valence-corrected chi connectivity index (χ4v) is 1.88. The van der Waals surface area contributed by atoms with Crippen LogP contribution in [0.5, 0.6) is 0 Å². The number of hydrogen-bond acceptors (Lipinski definition) is 5. The van der Waals surface area contributed by atoms with Crippen molar-refractivity contribution < 1.29 is 42.5 Å². The molecule has 10 heteroatoms. The Labute approximate surface area is 140 Å². The number of methoxy groups -OCH3 is 1. The summed E-state index contributed by atoms with van der Waals surface area (Å²) in [5, 5.41) is 20.9. The first-order valence-corrected chi connectivity index (χ1v) is 7.01. The summed E-state index contributed by atoms with van der Waals surface area (Å²) in [4.78, 5) is 34.0. The van der Waals surface area contributed by atoms with Gasteiger partial charge in [-0.05, 0) is 24.1 Å². The maximum absolute atomic E-state index is 12.5. The second kappa shape index (κ2) is 8.47. The van der Waals surface area contributed by atoms with Gasteiger partial charge in [0.05, 0.1) is 12.7 Å². The number of carboxylic acid groups (broad SMARTS) is 1. The minimum absolute atomic E-state index is 0.136. The van der Waals surface area contributed by atoms with Crippen molar-refractivity contribution in [3.8, 4) is 0 Å². The number of aliphatic hydroxyl groups is 1. The molecule has 0 aliphatic carbocycles. The van der Waals surface area contributed by atoms with Crippen LogP contribution in [0.25, 0.3) is 0 Å². The summed E-state index contributed by atoms with van der Waals surface area (Å²) >= 11 is 0. The second-order valence-electron chi connectivity index (χ2n) is 5.04. The van der Waals surface area contributed by atoms with Crippen molar-refractivity contribution >= 4 is 17.8 Å². The number of ether oxygens (including phenoxy) is 1. The minimum Gasteiger partial charge on any atom is -0.480 e. The number of halogens is 3. The lowest BCUT2D eigenvalue weighted by atomic mass is 10.1. The van der Waals surface area contributed by atoms with Crippen molar-refractivity contribution in [1.82, 2.24) is 5.32 Å². The average molecular weight is 363 g/mol. The minimum atomic E-state index is -4.56. The van der Waals surface area contributed by atoms with Gasteiger partial charge in [-0.15, -0.1) is 0 Å². The molecule has 0 unspecified atom stereocenters. The van der Waals surface area contributed by atoms with E-state index >= 15 is 0 Å². The van der Waals surface area contributed by atoms with Crippen LogP contribution in [-0.4, -0.2) is 41.2 Å². The molecular formula is C15H16F3NO6. The van der Waals surface area contributed by atoms with E-state index in [-0.39, 0.29) is 18.4 Å². The number of alkyl halides is 3. The lowest BCUT2D eigenvalue weighted by Gasteiger charge is -2.17. The van der Waals surface area contributed by atoms with Gasteiger partial charge in [0.25, 0.3) is 5.91 Å². The smallest absolute Gasteiger partial charge is 0.416 e. The predicted octanol–water partition coefficient (Wildman–Crippen LogP) is 1.26. The number of hydrogen-bond donors (Lipinski definition) is 3. The van der Waals surface area contributed by atoms with Crippen molar-refractivity contribution in [2.75, 3.05) is 7.11 Å². The number of carboxylic acids is 1. The molecule has 1 amide bonds. The molecule has 7 nitrogen and oxygen atoms in total. The van der Waals surface area contributed by atoms with E-state index in [0.717, 1.165) is 19.2 Å². The average Bonchev–Trinajstić information content (AvgIpc) is 2.56. The Morgan fingerprint density at radius 2 is 1.76 bits per heavy atom. The number of carbonyl (C=O) groups excluding carboxylic acids is 2. The van der Waals surface area contributed by atoms with Crippen molar-refractivity contribution in [2.45, 2.75) is 31.2 Å². The summed E-state index contributed by atoms with van der Waals surface area (Å²) < 4.78 is 41.8. The molecule has 0 heterocycles. The van der Waals surface area contributed by atoms with Gasteiger partial charge in [0.2, 0.25) is 0 Å². The van der Waals surface area contributed by atoms with Crippen LogP contribution in [0.2, 0.25) is 0 Å². The number of aliphatic carboxylic acids is 1. The van der Waals surface area contributed by atoms with Gasteiger partial charge in [0, 0.05) is 6.42 Å². The Morgan fingerprint density at radius 3 is 2.20 bits per heavy atom. The van der Waals surface area contributed by atoms with E-state index < -0.39 is 41.7 Å². The highest BCUT2D eigenvalue weighted by Gasteiger charge is 2.31. The molecule has 0 radical (unpaired) electrons. The van der Waals surface area contributed by atoms with Gasteiger partial charge in [0.1, 0.15) is 6.04 Å². The van der Waals surface area contributed by atoms with Crippen molar-refractivity contribution in [1.29, 1.82) is 0 Å². The van der Waals surface area contributed by atoms with Gasteiger partial charge in [-0.3, -0.25) is 9.59 Å². The van der Waals surface area contributed by atoms with Gasteiger partial charge in [-0.25, -0.2) is 4.79 Å². The fraction of sp³-hybridized carbons (Fsp3) is 0.400. The summed E-state index contributed by atoms with van der Waals surface area (Å²) in [6, 6.07) is 1.75. The van der Waals surface area contributed by atoms with Crippen molar-refractivity contribution in [3.05, 3.63) is 35.4 Å². The molecule has 0 aromatic heterocycles. The Balaban J connectivity index is 2.76. The van der Waals surface area contributed by atoms with Crippen LogP contribution in [0.1, 0.15) is 30.1 Å². The number of aliphatic hydroxyl groups excluding tert-OH is 1. The molecule has 1 rings (SSSR count). The third-order valence-electron chi connectivity index (χ3n) is 3.28. The fourth-order valence-electron chi connectivity index (χ4n) is 1.88. The molecular weight excluding hydrogens is 347 g/mol. The van der Waals surface area contributed by atoms with Gasteiger partial charge in [0.15, 0.2) is 6.10 Å². The summed E-state index contributed by atoms with van der Waals surface area (Å²) in [6.07, 6.45) is -6.96. The molecule has 0 saturated carbocycles. The highest BCUT2D eigenvalue weighted by molar-refractivity contribution is 5.87. The third-order valence-corrected chi connectivity index (χ3v) is 3.28. The Bertz CT molecular complexity index is 629. The molecule has 0 fully saturated rings. The first kappa shape index (κ1) is 20.4. The van der Waals surface area contributed by atoms with Gasteiger partial charge in [-0.1, -0.05) is 12.1 Å². The van der Waals surface area contributed by atoms with E-state index in [1.54, 1.807) is 0 Å². The van der Waals surface area contributed by atoms with Crippen molar-refractivity contribution in [3.63, 3.8) is 0 Å². The molecule has 138 valence electrons. The zero-order chi connectivity index (χ0) is 19.2. The summed E-state index contributed by atoms with van der Waals surface area (Å²) in [7, 11) is 1.12. The van der Waals surface area contributed by atoms with Gasteiger partial charge >= 0.3 is 18.1 Å². The number of nitrogens with one attached hydrogen (secondary N) is 1. The lowest BCUT2D eigenvalue weighted by molar-refractivity contribution is -0.145. The van der Waals surface area contributed by atoms with Crippen LogP contribution in [-0.2, 0) is 25.3 Å². The summed E-state index contributed by atoms with van der Waals surface area (Å²) in [6.45, 7) is 0. The molecule has 3 N–H and O–H groups in total. The maximum atomic E-state index is 12.5. The molecule has 0 aliphatic rings. The number of rotatable bonds is 7. The van der Waals surface area contributed by atoms with Crippen LogP contribution in [0.15, 0.2) is 24.3 Å². The Kier molecular flexibility index (Phi) is 6.92. The SMILES string of the molecule is COC(=O)CC[C@@H](NC(=O)[C@@H](O)c1ccc(C(F)(F)F)cc1)C(=O)O. The van der Waals surface area contributed by atoms with Crippen molar-refractivity contribution in [2.24, 2.45) is 0 Å². The van der Waals surface area contributed by atoms with Crippen LogP contribution in [0, 0.1) is 0 Å². The Morgan fingerprint density at radius 1 is 1.20 bits per heavy atom. The highest BCUT2D eigenvalue weighted by atomic mass is 19.4. The lowest BCUT2D eigenvalue weighted by Crippen LogP contribution is -2.43. The Hall–Kier alpha value is -2.62. The molecule has 0 spiro atoms. The van der Waals surface area contributed by atoms with E-state index in [4.69, 9.17) is 5.11 Å². The van der Waals surface area contributed by atoms with Crippen LogP contribution < -0.4 is 5.32 Å².